The highest BCUT2D eigenvalue weighted by Crippen LogP contribution is 2.21. The van der Waals surface area contributed by atoms with Gasteiger partial charge >= 0.3 is 0 Å². The molecule has 0 atom stereocenters. The number of hydrogen-bond donors (Lipinski definition) is 0. The van der Waals surface area contributed by atoms with E-state index in [1.165, 1.54) is 25.9 Å². The van der Waals surface area contributed by atoms with Crippen LogP contribution in [-0.4, -0.2) is 63.2 Å². The minimum atomic E-state index is 0.297. The van der Waals surface area contributed by atoms with Crippen LogP contribution in [0.15, 0.2) is 0 Å². The molecule has 1 fully saturated rings. The Morgan fingerprint density at radius 2 is 1.41 bits per heavy atom. The van der Waals surface area contributed by atoms with Gasteiger partial charge in [-0.3, -0.25) is 4.90 Å². The Labute approximate surface area is 137 Å². The molecule has 4 heteroatoms. The molecule has 0 saturated carbocycles. The maximum absolute atomic E-state index is 6.00. The second-order valence-electron chi connectivity index (χ2n) is 7.25. The summed E-state index contributed by atoms with van der Waals surface area (Å²) in [5, 5.41) is 0. The molecule has 0 spiro atoms. The van der Waals surface area contributed by atoms with Crippen molar-refractivity contribution in [3.8, 4) is 0 Å². The molecule has 1 aliphatic rings. The van der Waals surface area contributed by atoms with Crippen LogP contribution < -0.4 is 0 Å². The van der Waals surface area contributed by atoms with E-state index in [0.29, 0.717) is 11.6 Å². The number of ether oxygens (including phenoxy) is 3. The normalized spacial score (nSPS) is 18.0. The molecule has 132 valence electrons. The number of methoxy groups -OCH3 is 1. The van der Waals surface area contributed by atoms with Crippen LogP contribution in [0.25, 0.3) is 0 Å². The van der Waals surface area contributed by atoms with E-state index in [-0.39, 0.29) is 0 Å². The third-order valence-electron chi connectivity index (χ3n) is 4.31. The Balaban J connectivity index is 1.88. The summed E-state index contributed by atoms with van der Waals surface area (Å²) in [4.78, 5) is 2.56. The lowest BCUT2D eigenvalue weighted by Crippen LogP contribution is -2.47. The van der Waals surface area contributed by atoms with E-state index >= 15 is 0 Å². The largest absolute Gasteiger partial charge is 0.385 e. The van der Waals surface area contributed by atoms with Gasteiger partial charge in [0.25, 0.3) is 0 Å². The van der Waals surface area contributed by atoms with Crippen LogP contribution in [0.1, 0.15) is 59.3 Å². The molecule has 0 aliphatic carbocycles. The highest BCUT2D eigenvalue weighted by molar-refractivity contribution is 4.82. The first-order chi connectivity index (χ1) is 10.5. The minimum Gasteiger partial charge on any atom is -0.385 e. The minimum absolute atomic E-state index is 0.297. The Bertz CT molecular complexity index is 258. The van der Waals surface area contributed by atoms with Gasteiger partial charge in [-0.1, -0.05) is 0 Å². The summed E-state index contributed by atoms with van der Waals surface area (Å²) in [6.07, 6.45) is 7.21. The maximum Gasteiger partial charge on any atom is 0.0599 e. The molecule has 1 aliphatic heterocycles. The van der Waals surface area contributed by atoms with Gasteiger partial charge in [0.2, 0.25) is 0 Å². The van der Waals surface area contributed by atoms with Crippen LogP contribution in [0, 0.1) is 0 Å². The van der Waals surface area contributed by atoms with Crippen molar-refractivity contribution >= 4 is 0 Å². The lowest BCUT2D eigenvalue weighted by atomic mass is 9.99. The fourth-order valence-corrected chi connectivity index (χ4v) is 2.80. The molecule has 1 heterocycles. The predicted octanol–water partition coefficient (Wildman–Crippen LogP) is 3.49. The molecule has 0 unspecified atom stereocenters. The topological polar surface area (TPSA) is 30.9 Å². The fraction of sp³-hybridized carbons (Fsp3) is 1.00. The zero-order valence-corrected chi connectivity index (χ0v) is 15.2. The Hall–Kier alpha value is -0.160. The molecule has 1 rings (SSSR count). The van der Waals surface area contributed by atoms with E-state index < -0.39 is 0 Å². The molecule has 1 saturated heterocycles. The van der Waals surface area contributed by atoms with Gasteiger partial charge in [0, 0.05) is 52.2 Å². The smallest absolute Gasteiger partial charge is 0.0599 e. The van der Waals surface area contributed by atoms with E-state index in [0.717, 1.165) is 52.1 Å². The van der Waals surface area contributed by atoms with E-state index in [1.54, 1.807) is 7.11 Å². The van der Waals surface area contributed by atoms with E-state index in [1.807, 2.05) is 0 Å². The number of unbranched alkanes of at least 4 members (excludes halogenated alkanes) is 2. The number of piperidine rings is 1. The average molecular weight is 315 g/mol. The number of likely N-dealkylation sites (tertiary alicyclic amines) is 1. The number of nitrogens with zero attached hydrogens (tertiary/aromatic N) is 1. The number of rotatable bonds is 11. The first-order valence-electron chi connectivity index (χ1n) is 8.97. The van der Waals surface area contributed by atoms with Crippen LogP contribution in [0.3, 0.4) is 0 Å². The number of hydrogen-bond acceptors (Lipinski definition) is 4. The van der Waals surface area contributed by atoms with Crippen molar-refractivity contribution in [2.24, 2.45) is 0 Å². The summed E-state index contributed by atoms with van der Waals surface area (Å²) in [5.74, 6) is 0. The summed E-state index contributed by atoms with van der Waals surface area (Å²) in [7, 11) is 1.74. The monoisotopic (exact) mass is 315 g/mol. The highest BCUT2D eigenvalue weighted by Gasteiger charge is 2.26. The van der Waals surface area contributed by atoms with Crippen molar-refractivity contribution in [3.05, 3.63) is 0 Å². The van der Waals surface area contributed by atoms with Gasteiger partial charge in [-0.25, -0.2) is 0 Å². The van der Waals surface area contributed by atoms with Gasteiger partial charge in [0.1, 0.15) is 0 Å². The summed E-state index contributed by atoms with van der Waals surface area (Å²) in [6, 6.07) is 0. The van der Waals surface area contributed by atoms with Crippen molar-refractivity contribution < 1.29 is 14.2 Å². The Kier molecular flexibility index (Phi) is 10.3. The summed E-state index contributed by atoms with van der Waals surface area (Å²) < 4.78 is 16.6. The molecule has 0 aromatic carbocycles. The first kappa shape index (κ1) is 19.9. The van der Waals surface area contributed by atoms with Crippen molar-refractivity contribution in [2.45, 2.75) is 70.9 Å². The summed E-state index contributed by atoms with van der Waals surface area (Å²) >= 11 is 0. The van der Waals surface area contributed by atoms with Crippen LogP contribution in [0.4, 0.5) is 0 Å². The Morgan fingerprint density at radius 1 is 0.864 bits per heavy atom. The van der Waals surface area contributed by atoms with E-state index in [4.69, 9.17) is 14.2 Å². The lowest BCUT2D eigenvalue weighted by Gasteiger charge is -2.40. The van der Waals surface area contributed by atoms with Gasteiger partial charge in [-0.2, -0.15) is 0 Å². The fourth-order valence-electron chi connectivity index (χ4n) is 2.80. The average Bonchev–Trinajstić information content (AvgIpc) is 2.49. The van der Waals surface area contributed by atoms with Crippen molar-refractivity contribution in [1.29, 1.82) is 0 Å². The zero-order valence-electron chi connectivity index (χ0n) is 15.2. The summed E-state index contributed by atoms with van der Waals surface area (Å²) in [6.45, 7) is 12.7. The molecule has 4 nitrogen and oxygen atoms in total. The summed E-state index contributed by atoms with van der Waals surface area (Å²) in [5.41, 5.74) is 0.297. The molecule has 0 aromatic heterocycles. The first-order valence-corrected chi connectivity index (χ1v) is 8.97. The molecule has 0 aromatic rings. The van der Waals surface area contributed by atoms with Gasteiger partial charge in [-0.05, 0) is 59.3 Å². The van der Waals surface area contributed by atoms with Gasteiger partial charge in [0.15, 0.2) is 0 Å². The molecule has 0 bridgehead atoms. The van der Waals surface area contributed by atoms with Gasteiger partial charge in [-0.15, -0.1) is 0 Å². The molecule has 0 radical (unpaired) electrons. The van der Waals surface area contributed by atoms with Crippen LogP contribution in [0.2, 0.25) is 0 Å². The van der Waals surface area contributed by atoms with E-state index in [2.05, 4.69) is 25.7 Å². The standard InChI is InChI=1S/C18H37NO3/c1-18(2,3)19-11-9-17(10-12-19)22-16-8-7-15-21-14-6-5-13-20-4/h17H,5-16H2,1-4H3. The maximum atomic E-state index is 6.00. The van der Waals surface area contributed by atoms with Crippen LogP contribution in [0.5, 0.6) is 0 Å². The highest BCUT2D eigenvalue weighted by atomic mass is 16.5. The molecule has 22 heavy (non-hydrogen) atoms. The zero-order chi connectivity index (χ0) is 16.3. The van der Waals surface area contributed by atoms with Crippen molar-refractivity contribution in [1.82, 2.24) is 4.90 Å². The van der Waals surface area contributed by atoms with E-state index in [9.17, 15) is 0 Å². The van der Waals surface area contributed by atoms with Crippen LogP contribution >= 0.6 is 0 Å². The second kappa shape index (κ2) is 11.4. The second-order valence-corrected chi connectivity index (χ2v) is 7.25. The SMILES string of the molecule is COCCCCOCCCCOC1CCN(C(C)(C)C)CC1. The molecule has 0 N–H and O–H groups in total. The molecular formula is C18H37NO3. The van der Waals surface area contributed by atoms with Crippen molar-refractivity contribution in [3.63, 3.8) is 0 Å². The third-order valence-corrected chi connectivity index (χ3v) is 4.31. The van der Waals surface area contributed by atoms with Crippen molar-refractivity contribution in [2.75, 3.05) is 46.6 Å². The van der Waals surface area contributed by atoms with Crippen LogP contribution in [-0.2, 0) is 14.2 Å². The van der Waals surface area contributed by atoms with Gasteiger partial charge < -0.3 is 14.2 Å². The quantitative estimate of drug-likeness (QED) is 0.546. The van der Waals surface area contributed by atoms with Gasteiger partial charge in [0.05, 0.1) is 6.10 Å². The molecular weight excluding hydrogens is 278 g/mol. The molecule has 0 amide bonds. The predicted molar refractivity (Wildman–Crippen MR) is 91.5 cm³/mol. The lowest BCUT2D eigenvalue weighted by molar-refractivity contribution is -0.0155. The third kappa shape index (κ3) is 9.09. The Morgan fingerprint density at radius 3 is 1.95 bits per heavy atom.